The molecule has 0 bridgehead atoms. The Bertz CT molecular complexity index is 1370. The molecule has 2 N–H and O–H groups in total. The monoisotopic (exact) mass is 572 g/mol. The maximum Gasteiger partial charge on any atom is 0.408 e. The van der Waals surface area contributed by atoms with Gasteiger partial charge in [0, 0.05) is 43.4 Å². The van der Waals surface area contributed by atoms with Gasteiger partial charge in [0.25, 0.3) is 0 Å². The Kier molecular flexibility index (Phi) is 9.77. The van der Waals surface area contributed by atoms with E-state index >= 15 is 0 Å². The van der Waals surface area contributed by atoms with E-state index in [9.17, 15) is 13.2 Å². The number of nitrogens with two attached hydrogens (primary N) is 1. The maximum atomic E-state index is 14.1. The number of benzene rings is 1. The van der Waals surface area contributed by atoms with Crippen molar-refractivity contribution in [3.8, 4) is 17.3 Å². The second-order valence-corrected chi connectivity index (χ2v) is 8.80. The van der Waals surface area contributed by atoms with Gasteiger partial charge in [-0.15, -0.1) is 35.0 Å². The van der Waals surface area contributed by atoms with E-state index in [0.29, 0.717) is 61.2 Å². The lowest BCUT2D eigenvalue weighted by Crippen LogP contribution is -2.38. The summed E-state index contributed by atoms with van der Waals surface area (Å²) in [6.07, 6.45) is -2.47. The number of pyridine rings is 2. The van der Waals surface area contributed by atoms with Gasteiger partial charge in [0.05, 0.1) is 12.1 Å². The maximum absolute atomic E-state index is 14.1. The van der Waals surface area contributed by atoms with E-state index in [0.717, 1.165) is 5.39 Å². The lowest BCUT2D eigenvalue weighted by atomic mass is 10.1. The van der Waals surface area contributed by atoms with Crippen molar-refractivity contribution in [2.24, 2.45) is 5.73 Å². The Labute approximate surface area is 230 Å². The van der Waals surface area contributed by atoms with Gasteiger partial charge in [-0.2, -0.15) is 13.2 Å². The van der Waals surface area contributed by atoms with Gasteiger partial charge in [-0.1, -0.05) is 12.1 Å². The molecule has 0 spiro atoms. The molecule has 1 saturated heterocycles. The van der Waals surface area contributed by atoms with E-state index in [2.05, 4.69) is 10.2 Å². The third kappa shape index (κ3) is 6.29. The first-order chi connectivity index (χ1) is 17.3. The minimum Gasteiger partial charge on any atom is -0.491 e. The summed E-state index contributed by atoms with van der Waals surface area (Å²) in [6.45, 7) is 3.92. The quantitative estimate of drug-likeness (QED) is 0.302. The summed E-state index contributed by atoms with van der Waals surface area (Å²) >= 11 is 0. The average molecular weight is 573 g/mol. The predicted octanol–water partition coefficient (Wildman–Crippen LogP) is 4.84. The smallest absolute Gasteiger partial charge is 0.408 e. The molecule has 3 aromatic heterocycles. The standard InChI is InChI=1S/C25H27F3N6O2.2ClH/c1-2-35-11-12-36-19-6-3-16-4-7-20(30-21(16)13-19)24-32-31-22-8-5-17(14-34(22)24)23(25(26,27)28)33-10-9-18(29)15-33;;/h3-8,13-14,18,23H,2,9-12,15,29H2,1H3;2*1H/t18-,23+;;/m0../s1. The summed E-state index contributed by atoms with van der Waals surface area (Å²) in [5, 5.41) is 9.26. The van der Waals surface area contributed by atoms with Crippen LogP contribution in [0.3, 0.4) is 0 Å². The fraction of sp³-hybridized carbons (Fsp3) is 0.400. The SMILES string of the molecule is CCOCCOc1ccc2ccc(-c3nnc4ccc([C@@H](N5CC[C@H](N)C5)C(F)(F)F)cn34)nc2c1.Cl.Cl. The van der Waals surface area contributed by atoms with Gasteiger partial charge in [-0.05, 0) is 43.2 Å². The van der Waals surface area contributed by atoms with Crippen molar-refractivity contribution in [2.75, 3.05) is 32.9 Å². The Balaban J connectivity index is 0.00000200. The molecule has 0 saturated carbocycles. The van der Waals surface area contributed by atoms with Gasteiger partial charge >= 0.3 is 6.18 Å². The minimum atomic E-state index is -4.45. The molecular formula is C25H29Cl2F3N6O2. The molecule has 0 aliphatic carbocycles. The summed E-state index contributed by atoms with van der Waals surface area (Å²) in [4.78, 5) is 6.09. The highest BCUT2D eigenvalue weighted by molar-refractivity contribution is 5.85. The second-order valence-electron chi connectivity index (χ2n) is 8.80. The number of aromatic nitrogens is 4. The van der Waals surface area contributed by atoms with Gasteiger partial charge in [-0.3, -0.25) is 9.30 Å². The molecule has 1 aliphatic heterocycles. The highest BCUT2D eigenvalue weighted by Crippen LogP contribution is 2.39. The van der Waals surface area contributed by atoms with Crippen molar-refractivity contribution in [2.45, 2.75) is 31.6 Å². The van der Waals surface area contributed by atoms with Crippen LogP contribution in [0.25, 0.3) is 28.1 Å². The van der Waals surface area contributed by atoms with Gasteiger partial charge in [-0.25, -0.2) is 4.98 Å². The normalized spacial score (nSPS) is 16.8. The lowest BCUT2D eigenvalue weighted by molar-refractivity contribution is -0.183. The summed E-state index contributed by atoms with van der Waals surface area (Å²) in [5.74, 6) is 1.01. The number of rotatable bonds is 8. The van der Waals surface area contributed by atoms with Crippen molar-refractivity contribution in [1.29, 1.82) is 0 Å². The van der Waals surface area contributed by atoms with Crippen LogP contribution in [0.5, 0.6) is 5.75 Å². The molecule has 8 nitrogen and oxygen atoms in total. The van der Waals surface area contributed by atoms with E-state index in [1.807, 2.05) is 31.2 Å². The van der Waals surface area contributed by atoms with Crippen molar-refractivity contribution in [1.82, 2.24) is 24.5 Å². The lowest BCUT2D eigenvalue weighted by Gasteiger charge is -2.30. The van der Waals surface area contributed by atoms with Gasteiger partial charge < -0.3 is 15.2 Å². The summed E-state index contributed by atoms with van der Waals surface area (Å²) in [7, 11) is 0. The third-order valence-electron chi connectivity index (χ3n) is 6.27. The van der Waals surface area contributed by atoms with Crippen LogP contribution in [0.4, 0.5) is 13.2 Å². The first-order valence-corrected chi connectivity index (χ1v) is 11.9. The van der Waals surface area contributed by atoms with Gasteiger partial charge in [0.2, 0.25) is 0 Å². The molecule has 1 aromatic carbocycles. The molecule has 4 heterocycles. The van der Waals surface area contributed by atoms with Crippen molar-refractivity contribution >= 4 is 41.4 Å². The number of hydrogen-bond donors (Lipinski definition) is 1. The number of alkyl halides is 3. The first-order valence-electron chi connectivity index (χ1n) is 11.9. The molecule has 2 atom stereocenters. The fourth-order valence-electron chi connectivity index (χ4n) is 4.57. The summed E-state index contributed by atoms with van der Waals surface area (Å²) in [6, 6.07) is 10.2. The molecule has 0 amide bonds. The third-order valence-corrected chi connectivity index (χ3v) is 6.27. The summed E-state index contributed by atoms with van der Waals surface area (Å²) in [5.41, 5.74) is 7.60. The van der Waals surface area contributed by atoms with Gasteiger partial charge in [0.15, 0.2) is 11.5 Å². The van der Waals surface area contributed by atoms with E-state index in [1.165, 1.54) is 17.2 Å². The van der Waals surface area contributed by atoms with E-state index in [-0.39, 0.29) is 43.0 Å². The molecule has 1 fully saturated rings. The van der Waals surface area contributed by atoms with E-state index in [4.69, 9.17) is 20.2 Å². The number of likely N-dealkylation sites (tertiary alicyclic amines) is 1. The molecule has 0 radical (unpaired) electrons. The number of fused-ring (bicyclic) bond motifs is 2. The zero-order chi connectivity index (χ0) is 25.3. The minimum absolute atomic E-state index is 0. The van der Waals surface area contributed by atoms with E-state index < -0.39 is 12.2 Å². The molecule has 4 aromatic rings. The molecule has 206 valence electrons. The predicted molar refractivity (Wildman–Crippen MR) is 143 cm³/mol. The molecular weight excluding hydrogens is 544 g/mol. The van der Waals surface area contributed by atoms with Crippen molar-refractivity contribution in [3.63, 3.8) is 0 Å². The number of halogens is 5. The average Bonchev–Trinajstić information content (AvgIpc) is 3.46. The van der Waals surface area contributed by atoms with Crippen LogP contribution < -0.4 is 10.5 Å². The molecule has 5 rings (SSSR count). The zero-order valence-electron chi connectivity index (χ0n) is 20.6. The Morgan fingerprint density at radius 3 is 2.58 bits per heavy atom. The Morgan fingerprint density at radius 2 is 1.87 bits per heavy atom. The molecule has 38 heavy (non-hydrogen) atoms. The van der Waals surface area contributed by atoms with E-state index in [1.54, 1.807) is 16.5 Å². The highest BCUT2D eigenvalue weighted by Gasteiger charge is 2.46. The van der Waals surface area contributed by atoms with Crippen LogP contribution in [0.1, 0.15) is 24.9 Å². The van der Waals surface area contributed by atoms with Crippen LogP contribution in [0.2, 0.25) is 0 Å². The number of ether oxygens (including phenoxy) is 2. The van der Waals surface area contributed by atoms with Crippen LogP contribution in [0.15, 0.2) is 48.7 Å². The number of nitrogens with zero attached hydrogens (tertiary/aromatic N) is 5. The van der Waals surface area contributed by atoms with Crippen molar-refractivity contribution in [3.05, 3.63) is 54.2 Å². The second kappa shape index (κ2) is 12.4. The van der Waals surface area contributed by atoms with Gasteiger partial charge in [0.1, 0.15) is 24.1 Å². The Morgan fingerprint density at radius 1 is 1.08 bits per heavy atom. The zero-order valence-corrected chi connectivity index (χ0v) is 22.2. The number of hydrogen-bond acceptors (Lipinski definition) is 7. The van der Waals surface area contributed by atoms with Crippen LogP contribution in [-0.2, 0) is 4.74 Å². The fourth-order valence-corrected chi connectivity index (χ4v) is 4.57. The molecule has 13 heteroatoms. The summed E-state index contributed by atoms with van der Waals surface area (Å²) < 4.78 is 55.0. The van der Waals surface area contributed by atoms with Crippen LogP contribution in [-0.4, -0.2) is 69.6 Å². The largest absolute Gasteiger partial charge is 0.491 e. The first kappa shape index (κ1) is 29.9. The van der Waals surface area contributed by atoms with Crippen LogP contribution >= 0.6 is 24.8 Å². The molecule has 0 unspecified atom stereocenters. The Hall–Kier alpha value is -2.70. The topological polar surface area (TPSA) is 90.8 Å². The molecule has 1 aliphatic rings. The van der Waals surface area contributed by atoms with Crippen molar-refractivity contribution < 1.29 is 22.6 Å². The van der Waals surface area contributed by atoms with Crippen LogP contribution in [0, 0.1) is 0 Å². The highest BCUT2D eigenvalue weighted by atomic mass is 35.5.